The average molecular weight is 484 g/mol. The Bertz CT molecular complexity index is 1400. The number of rotatable bonds is 6. The molecule has 1 N–H and O–H groups in total. The number of carbonyl (C=O) groups is 1. The first-order chi connectivity index (χ1) is 17.0. The number of hydrazone groups is 1. The van der Waals surface area contributed by atoms with Gasteiger partial charge in [0, 0.05) is 18.0 Å². The SMILES string of the molecule is COc1cc(/C=C2/C(=N)N3N=C(c4cccnc4)SC3=NC2=O)ccc1OCc1ccc(C)cc1. The fourth-order valence-corrected chi connectivity index (χ4v) is 4.38. The van der Waals surface area contributed by atoms with E-state index in [0.29, 0.717) is 33.9 Å². The van der Waals surface area contributed by atoms with Crippen LogP contribution in [0.3, 0.4) is 0 Å². The molecule has 1 aromatic heterocycles. The predicted octanol–water partition coefficient (Wildman–Crippen LogP) is 4.65. The van der Waals surface area contributed by atoms with Gasteiger partial charge in [0.05, 0.1) is 12.7 Å². The summed E-state index contributed by atoms with van der Waals surface area (Å²) in [6.07, 6.45) is 4.97. The normalized spacial score (nSPS) is 16.2. The number of aromatic nitrogens is 1. The van der Waals surface area contributed by atoms with E-state index in [1.54, 1.807) is 43.8 Å². The van der Waals surface area contributed by atoms with Crippen LogP contribution in [0.25, 0.3) is 6.08 Å². The van der Waals surface area contributed by atoms with Crippen molar-refractivity contribution in [1.82, 2.24) is 9.99 Å². The molecule has 174 valence electrons. The fraction of sp³-hybridized carbons (Fsp3) is 0.115. The summed E-state index contributed by atoms with van der Waals surface area (Å²) < 4.78 is 11.4. The zero-order chi connectivity index (χ0) is 24.4. The zero-order valence-electron chi connectivity index (χ0n) is 19.1. The summed E-state index contributed by atoms with van der Waals surface area (Å²) in [5, 5.41) is 15.4. The van der Waals surface area contributed by atoms with Crippen LogP contribution in [0, 0.1) is 12.3 Å². The summed E-state index contributed by atoms with van der Waals surface area (Å²) in [4.78, 5) is 21.0. The smallest absolute Gasteiger partial charge is 0.283 e. The van der Waals surface area contributed by atoms with Gasteiger partial charge >= 0.3 is 0 Å². The van der Waals surface area contributed by atoms with E-state index in [0.717, 1.165) is 11.1 Å². The first-order valence-electron chi connectivity index (χ1n) is 10.8. The van der Waals surface area contributed by atoms with E-state index < -0.39 is 5.91 Å². The summed E-state index contributed by atoms with van der Waals surface area (Å²) in [5.41, 5.74) is 3.86. The second-order valence-electron chi connectivity index (χ2n) is 7.85. The van der Waals surface area contributed by atoms with Crippen LogP contribution in [0.5, 0.6) is 11.5 Å². The molecule has 0 saturated heterocycles. The minimum atomic E-state index is -0.491. The lowest BCUT2D eigenvalue weighted by Gasteiger charge is -2.20. The third kappa shape index (κ3) is 4.71. The van der Waals surface area contributed by atoms with Crippen molar-refractivity contribution in [2.24, 2.45) is 10.1 Å². The Balaban J connectivity index is 1.37. The lowest BCUT2D eigenvalue weighted by molar-refractivity contribution is -0.114. The lowest BCUT2D eigenvalue weighted by atomic mass is 10.1. The summed E-state index contributed by atoms with van der Waals surface area (Å²) in [6.45, 7) is 2.44. The van der Waals surface area contributed by atoms with Gasteiger partial charge in [-0.1, -0.05) is 35.9 Å². The average Bonchev–Trinajstić information content (AvgIpc) is 3.31. The molecule has 0 fully saturated rings. The second-order valence-corrected chi connectivity index (χ2v) is 8.81. The van der Waals surface area contributed by atoms with Crippen LogP contribution < -0.4 is 9.47 Å². The molecule has 5 rings (SSSR count). The van der Waals surface area contributed by atoms with Gasteiger partial charge in [0.15, 0.2) is 17.3 Å². The molecule has 0 radical (unpaired) electrons. The van der Waals surface area contributed by atoms with Gasteiger partial charge in [-0.25, -0.2) is 0 Å². The fourth-order valence-electron chi connectivity index (χ4n) is 3.50. The molecule has 9 heteroatoms. The number of thioether (sulfide) groups is 1. The molecule has 0 bridgehead atoms. The van der Waals surface area contributed by atoms with Gasteiger partial charge in [-0.15, -0.1) is 0 Å². The van der Waals surface area contributed by atoms with Crippen LogP contribution in [0.15, 0.2) is 82.7 Å². The third-order valence-corrected chi connectivity index (χ3v) is 6.33. The molecule has 1 amide bonds. The maximum Gasteiger partial charge on any atom is 0.283 e. The van der Waals surface area contributed by atoms with Crippen LogP contribution in [-0.2, 0) is 11.4 Å². The molecule has 2 aliphatic heterocycles. The Hall–Kier alpha value is -4.24. The molecule has 0 unspecified atom stereocenters. The molecular formula is C26H21N5O3S. The van der Waals surface area contributed by atoms with Crippen LogP contribution >= 0.6 is 11.8 Å². The number of hydrogen-bond donors (Lipinski definition) is 1. The number of fused-ring (bicyclic) bond motifs is 1. The monoisotopic (exact) mass is 483 g/mol. The van der Waals surface area contributed by atoms with E-state index in [9.17, 15) is 4.79 Å². The van der Waals surface area contributed by atoms with Crippen LogP contribution in [0.1, 0.15) is 22.3 Å². The number of ether oxygens (including phenoxy) is 2. The molecule has 0 atom stereocenters. The van der Waals surface area contributed by atoms with Gasteiger partial charge in [0.2, 0.25) is 5.17 Å². The Kier molecular flexibility index (Phi) is 6.15. The highest BCUT2D eigenvalue weighted by molar-refractivity contribution is 8.27. The Morgan fingerprint density at radius 3 is 2.69 bits per heavy atom. The van der Waals surface area contributed by atoms with Crippen molar-refractivity contribution >= 4 is 39.8 Å². The predicted molar refractivity (Wildman–Crippen MR) is 137 cm³/mol. The Morgan fingerprint density at radius 1 is 1.11 bits per heavy atom. The maximum atomic E-state index is 12.7. The van der Waals surface area contributed by atoms with E-state index >= 15 is 0 Å². The van der Waals surface area contributed by atoms with Crippen LogP contribution in [0.2, 0.25) is 0 Å². The van der Waals surface area contributed by atoms with Crippen molar-refractivity contribution in [2.75, 3.05) is 7.11 Å². The molecule has 3 aromatic rings. The van der Waals surface area contributed by atoms with E-state index in [2.05, 4.69) is 15.1 Å². The van der Waals surface area contributed by atoms with Crippen molar-refractivity contribution in [3.8, 4) is 11.5 Å². The number of amides is 1. The summed E-state index contributed by atoms with van der Waals surface area (Å²) in [7, 11) is 1.56. The van der Waals surface area contributed by atoms with Crippen molar-refractivity contribution in [3.05, 3.63) is 94.8 Å². The first-order valence-corrected chi connectivity index (χ1v) is 11.6. The second kappa shape index (κ2) is 9.55. The van der Waals surface area contributed by atoms with E-state index in [4.69, 9.17) is 14.9 Å². The van der Waals surface area contributed by atoms with Crippen LogP contribution in [-0.4, -0.2) is 39.1 Å². The van der Waals surface area contributed by atoms with Gasteiger partial charge in [0.1, 0.15) is 11.7 Å². The zero-order valence-corrected chi connectivity index (χ0v) is 19.9. The summed E-state index contributed by atoms with van der Waals surface area (Å²) in [5.74, 6) is 0.585. The Morgan fingerprint density at radius 2 is 1.94 bits per heavy atom. The van der Waals surface area contributed by atoms with E-state index in [-0.39, 0.29) is 11.4 Å². The number of hydrogen-bond acceptors (Lipinski definition) is 7. The van der Waals surface area contributed by atoms with Gasteiger partial charge in [-0.05, 0) is 60.2 Å². The van der Waals surface area contributed by atoms with Gasteiger partial charge in [-0.2, -0.15) is 15.1 Å². The lowest BCUT2D eigenvalue weighted by Crippen LogP contribution is -2.35. The minimum absolute atomic E-state index is 0.0370. The van der Waals surface area contributed by atoms with Gasteiger partial charge in [0.25, 0.3) is 5.91 Å². The molecular weight excluding hydrogens is 462 g/mol. The highest BCUT2D eigenvalue weighted by atomic mass is 32.2. The van der Waals surface area contributed by atoms with Gasteiger partial charge < -0.3 is 9.47 Å². The molecule has 35 heavy (non-hydrogen) atoms. The van der Waals surface area contributed by atoms with Crippen molar-refractivity contribution in [3.63, 3.8) is 0 Å². The van der Waals surface area contributed by atoms with Crippen molar-refractivity contribution in [1.29, 1.82) is 5.41 Å². The molecule has 0 aliphatic carbocycles. The van der Waals surface area contributed by atoms with Crippen molar-refractivity contribution in [2.45, 2.75) is 13.5 Å². The third-order valence-electron chi connectivity index (χ3n) is 5.38. The Labute approximate surface area is 206 Å². The number of methoxy groups -OCH3 is 1. The summed E-state index contributed by atoms with van der Waals surface area (Å²) >= 11 is 1.24. The molecule has 2 aliphatic rings. The number of nitrogens with zero attached hydrogens (tertiary/aromatic N) is 4. The maximum absolute atomic E-state index is 12.7. The van der Waals surface area contributed by atoms with Gasteiger partial charge in [-0.3, -0.25) is 15.2 Å². The number of aliphatic imine (C=N–C) groups is 1. The molecule has 3 heterocycles. The highest BCUT2D eigenvalue weighted by Crippen LogP contribution is 2.33. The molecule has 8 nitrogen and oxygen atoms in total. The number of carbonyl (C=O) groups excluding carboxylic acids is 1. The molecule has 0 spiro atoms. The highest BCUT2D eigenvalue weighted by Gasteiger charge is 2.36. The largest absolute Gasteiger partial charge is 0.493 e. The quantitative estimate of drug-likeness (QED) is 0.513. The number of amidine groups is 2. The van der Waals surface area contributed by atoms with Crippen molar-refractivity contribution < 1.29 is 14.3 Å². The van der Waals surface area contributed by atoms with E-state index in [1.807, 2.05) is 43.3 Å². The standard InChI is InChI=1S/C26H21N5O3S/c1-16-5-7-17(8-6-16)15-34-21-10-9-18(13-22(21)33-2)12-20-23(27)31-26(29-24(20)32)35-25(30-31)19-4-3-11-28-14-19/h3-14,27H,15H2,1-2H3/b20-12-,27-23?. The van der Waals surface area contributed by atoms with E-state index in [1.165, 1.54) is 22.3 Å². The first kappa shape index (κ1) is 22.5. The molecule has 2 aromatic carbocycles. The topological polar surface area (TPSA) is 100 Å². The number of nitrogens with one attached hydrogen (secondary N) is 1. The number of pyridine rings is 1. The number of aryl methyl sites for hydroxylation is 1. The minimum Gasteiger partial charge on any atom is -0.493 e. The number of benzene rings is 2. The summed E-state index contributed by atoms with van der Waals surface area (Å²) in [6, 6.07) is 17.2. The van der Waals surface area contributed by atoms with Crippen LogP contribution in [0.4, 0.5) is 0 Å². The molecule has 0 saturated carbocycles.